The van der Waals surface area contributed by atoms with Crippen LogP contribution in [0.5, 0.6) is 0 Å². The van der Waals surface area contributed by atoms with Gasteiger partial charge in [-0.3, -0.25) is 0 Å². The maximum absolute atomic E-state index is 13.5. The molecule has 0 aliphatic heterocycles. The lowest BCUT2D eigenvalue weighted by Gasteiger charge is -2.21. The molecule has 0 aliphatic rings. The number of hydrogen-bond donors (Lipinski definition) is 1. The molecular weight excluding hydrogens is 270 g/mol. The molecule has 1 aromatic rings. The summed E-state index contributed by atoms with van der Waals surface area (Å²) in [7, 11) is 0. The Morgan fingerprint density at radius 3 is 2.52 bits per heavy atom. The van der Waals surface area contributed by atoms with Crippen molar-refractivity contribution in [2.45, 2.75) is 40.0 Å². The average Bonchev–Trinajstić information content (AvgIpc) is 2.41. The van der Waals surface area contributed by atoms with Crippen molar-refractivity contribution >= 4 is 11.4 Å². The number of benzene rings is 1. The molecule has 116 valence electrons. The van der Waals surface area contributed by atoms with Crippen molar-refractivity contribution < 1.29 is 8.78 Å². The lowest BCUT2D eigenvalue weighted by Crippen LogP contribution is -2.13. The number of nitrogens with zero attached hydrogens (tertiary/aromatic N) is 1. The first kappa shape index (κ1) is 17.2. The Morgan fingerprint density at radius 1 is 1.43 bits per heavy atom. The van der Waals surface area contributed by atoms with Crippen LogP contribution in [0.15, 0.2) is 42.8 Å². The van der Waals surface area contributed by atoms with Gasteiger partial charge in [0.25, 0.3) is 5.92 Å². The van der Waals surface area contributed by atoms with E-state index in [1.54, 1.807) is 17.2 Å². The van der Waals surface area contributed by atoms with Crippen molar-refractivity contribution in [2.24, 2.45) is 5.92 Å². The zero-order chi connectivity index (χ0) is 16.2. The number of halogens is 2. The van der Waals surface area contributed by atoms with E-state index in [1.807, 2.05) is 13.1 Å². The van der Waals surface area contributed by atoms with Crippen LogP contribution in [-0.2, 0) is 5.92 Å². The van der Waals surface area contributed by atoms with Crippen molar-refractivity contribution in [3.05, 3.63) is 48.3 Å². The minimum atomic E-state index is -2.92. The molecule has 0 radical (unpaired) electrons. The number of anilines is 2. The number of hydrogen-bond acceptors (Lipinski definition) is 2. The third-order valence-electron chi connectivity index (χ3n) is 3.67. The lowest BCUT2D eigenvalue weighted by molar-refractivity contribution is 0.0176. The monoisotopic (exact) mass is 294 g/mol. The Hall–Kier alpha value is -1.84. The topological polar surface area (TPSA) is 29.3 Å². The zero-order valence-corrected chi connectivity index (χ0v) is 13.2. The van der Waals surface area contributed by atoms with Crippen LogP contribution in [0.25, 0.3) is 0 Å². The fraction of sp³-hybridized carbons (Fsp3) is 0.412. The number of alkyl halides is 2. The molecule has 0 bridgehead atoms. The quantitative estimate of drug-likeness (QED) is 0.723. The van der Waals surface area contributed by atoms with Gasteiger partial charge in [0, 0.05) is 36.3 Å². The Balaban J connectivity index is 3.24. The van der Waals surface area contributed by atoms with Crippen molar-refractivity contribution in [1.82, 2.24) is 0 Å². The van der Waals surface area contributed by atoms with Crippen LogP contribution >= 0.6 is 0 Å². The summed E-state index contributed by atoms with van der Waals surface area (Å²) in [5.41, 5.74) is 7.71. The van der Waals surface area contributed by atoms with Gasteiger partial charge in [-0.2, -0.15) is 0 Å². The predicted molar refractivity (Wildman–Crippen MR) is 86.3 cm³/mol. The van der Waals surface area contributed by atoms with Gasteiger partial charge in [0.05, 0.1) is 0 Å². The highest BCUT2D eigenvalue weighted by Crippen LogP contribution is 2.32. The molecule has 1 unspecified atom stereocenters. The molecule has 1 atom stereocenters. The molecule has 0 aromatic heterocycles. The average molecular weight is 294 g/mol. The summed E-state index contributed by atoms with van der Waals surface area (Å²) in [5, 5.41) is 0. The van der Waals surface area contributed by atoms with Gasteiger partial charge in [-0.25, -0.2) is 8.78 Å². The fourth-order valence-corrected chi connectivity index (χ4v) is 1.94. The van der Waals surface area contributed by atoms with Crippen LogP contribution in [0.3, 0.4) is 0 Å². The molecule has 0 fully saturated rings. The van der Waals surface area contributed by atoms with E-state index in [2.05, 4.69) is 20.4 Å². The highest BCUT2D eigenvalue weighted by molar-refractivity contribution is 5.62. The van der Waals surface area contributed by atoms with Gasteiger partial charge in [-0.15, -0.1) is 0 Å². The first-order valence-electron chi connectivity index (χ1n) is 7.07. The van der Waals surface area contributed by atoms with E-state index in [-0.39, 0.29) is 5.56 Å². The van der Waals surface area contributed by atoms with Crippen LogP contribution in [0.4, 0.5) is 20.2 Å². The maximum Gasteiger partial charge on any atom is 0.270 e. The summed E-state index contributed by atoms with van der Waals surface area (Å²) in [6, 6.07) is 4.41. The van der Waals surface area contributed by atoms with E-state index in [9.17, 15) is 8.78 Å². The number of rotatable bonds is 6. The SMILES string of the molecule is C=CN(/C=C(/C)C(C)CC)c1cc(N)cc(C(C)(F)F)c1. The highest BCUT2D eigenvalue weighted by atomic mass is 19.3. The molecule has 0 heterocycles. The van der Waals surface area contributed by atoms with E-state index >= 15 is 0 Å². The zero-order valence-electron chi connectivity index (χ0n) is 13.2. The van der Waals surface area contributed by atoms with Crippen LogP contribution < -0.4 is 10.6 Å². The summed E-state index contributed by atoms with van der Waals surface area (Å²) in [4.78, 5) is 1.73. The van der Waals surface area contributed by atoms with Gasteiger partial charge in [0.15, 0.2) is 0 Å². The molecule has 0 aliphatic carbocycles. The van der Waals surface area contributed by atoms with E-state index in [1.165, 1.54) is 12.1 Å². The molecule has 2 nitrogen and oxygen atoms in total. The van der Waals surface area contributed by atoms with Gasteiger partial charge in [0.2, 0.25) is 0 Å². The number of nitrogen functional groups attached to an aromatic ring is 1. The summed E-state index contributed by atoms with van der Waals surface area (Å²) < 4.78 is 27.0. The first-order chi connectivity index (χ1) is 9.68. The summed E-state index contributed by atoms with van der Waals surface area (Å²) in [6.45, 7) is 10.9. The van der Waals surface area contributed by atoms with Crippen LogP contribution in [0.1, 0.15) is 39.7 Å². The van der Waals surface area contributed by atoms with Gasteiger partial charge >= 0.3 is 0 Å². The molecule has 0 amide bonds. The number of nitrogens with two attached hydrogens (primary N) is 1. The van der Waals surface area contributed by atoms with Crippen LogP contribution in [0, 0.1) is 5.92 Å². The molecule has 2 N–H and O–H groups in total. The smallest absolute Gasteiger partial charge is 0.270 e. The predicted octanol–water partition coefficient (Wildman–Crippen LogP) is 5.28. The summed E-state index contributed by atoms with van der Waals surface area (Å²) in [5.74, 6) is -2.51. The largest absolute Gasteiger partial charge is 0.399 e. The second-order valence-corrected chi connectivity index (χ2v) is 5.47. The first-order valence-corrected chi connectivity index (χ1v) is 7.07. The molecule has 1 rings (SSSR count). The van der Waals surface area contributed by atoms with Crippen molar-refractivity contribution in [2.75, 3.05) is 10.6 Å². The second kappa shape index (κ2) is 6.74. The minimum Gasteiger partial charge on any atom is -0.399 e. The fourth-order valence-electron chi connectivity index (χ4n) is 1.94. The van der Waals surface area contributed by atoms with Gasteiger partial charge in [-0.05, 0) is 37.5 Å². The Morgan fingerprint density at radius 2 is 2.05 bits per heavy atom. The summed E-state index contributed by atoms with van der Waals surface area (Å²) >= 11 is 0. The van der Waals surface area contributed by atoms with E-state index in [4.69, 9.17) is 5.73 Å². The Kier molecular flexibility index (Phi) is 5.53. The van der Waals surface area contributed by atoms with E-state index in [0.29, 0.717) is 17.3 Å². The van der Waals surface area contributed by atoms with Gasteiger partial charge in [-0.1, -0.05) is 26.0 Å². The Bertz CT molecular complexity index is 530. The molecule has 0 spiro atoms. The third kappa shape index (κ3) is 4.59. The Labute approximate surface area is 125 Å². The molecule has 1 aromatic carbocycles. The standard InChI is InChI=1S/C17H24F2N2/c1-6-12(3)13(4)11-21(7-2)16-9-14(17(5,18)19)8-15(20)10-16/h7-12H,2,6,20H2,1,3-5H3/b13-11-. The van der Waals surface area contributed by atoms with Crippen LogP contribution in [0.2, 0.25) is 0 Å². The lowest BCUT2D eigenvalue weighted by atomic mass is 10.0. The summed E-state index contributed by atoms with van der Waals surface area (Å²) in [6.07, 6.45) is 4.52. The molecule has 4 heteroatoms. The molecule has 21 heavy (non-hydrogen) atoms. The van der Waals surface area contributed by atoms with Crippen molar-refractivity contribution in [3.8, 4) is 0 Å². The van der Waals surface area contributed by atoms with E-state index in [0.717, 1.165) is 18.9 Å². The maximum atomic E-state index is 13.5. The number of allylic oxidation sites excluding steroid dienone is 1. The van der Waals surface area contributed by atoms with Gasteiger partial charge in [0.1, 0.15) is 0 Å². The third-order valence-corrected chi connectivity index (χ3v) is 3.67. The van der Waals surface area contributed by atoms with Crippen molar-refractivity contribution in [1.29, 1.82) is 0 Å². The minimum absolute atomic E-state index is 0.0982. The van der Waals surface area contributed by atoms with E-state index < -0.39 is 5.92 Å². The second-order valence-electron chi connectivity index (χ2n) is 5.47. The molecule has 0 saturated carbocycles. The highest BCUT2D eigenvalue weighted by Gasteiger charge is 2.25. The molecular formula is C17H24F2N2. The van der Waals surface area contributed by atoms with Gasteiger partial charge < -0.3 is 10.6 Å². The van der Waals surface area contributed by atoms with Crippen molar-refractivity contribution in [3.63, 3.8) is 0 Å². The van der Waals surface area contributed by atoms with Crippen LogP contribution in [-0.4, -0.2) is 0 Å². The molecule has 0 saturated heterocycles. The normalized spacial score (nSPS) is 13.9.